The standard InChI is InChI=1S/C21H38O2Si/c1-10-15-21(8,9)20(14-12-11-13-16-22)23-24(17(2)3,18(4)5)19(6)7/h10,16-20H,1,11,13,15H2,2-9H3. The molecule has 0 aliphatic heterocycles. The number of allylic oxidation sites excluding steroid dienone is 1. The molecule has 0 aliphatic rings. The third kappa shape index (κ3) is 5.90. The minimum atomic E-state index is -2.00. The van der Waals surface area contributed by atoms with Crippen LogP contribution in [0.2, 0.25) is 16.6 Å². The zero-order valence-electron chi connectivity index (χ0n) is 17.1. The molecular formula is C21H38O2Si. The first-order valence-electron chi connectivity index (χ1n) is 9.26. The molecule has 0 radical (unpaired) electrons. The molecule has 138 valence electrons. The SMILES string of the molecule is C=CCC(C)(C)C(C#CCCC=O)O[Si](C(C)C)(C(C)C)C(C)C. The van der Waals surface area contributed by atoms with Crippen LogP contribution in [0.3, 0.4) is 0 Å². The van der Waals surface area contributed by atoms with Gasteiger partial charge in [0, 0.05) is 18.3 Å². The van der Waals surface area contributed by atoms with E-state index in [1.165, 1.54) is 0 Å². The van der Waals surface area contributed by atoms with E-state index in [4.69, 9.17) is 4.43 Å². The molecule has 0 saturated heterocycles. The van der Waals surface area contributed by atoms with Gasteiger partial charge in [0.1, 0.15) is 12.4 Å². The molecule has 0 fully saturated rings. The number of carbonyl (C=O) groups excluding carboxylic acids is 1. The lowest BCUT2D eigenvalue weighted by atomic mass is 9.83. The summed E-state index contributed by atoms with van der Waals surface area (Å²) in [5, 5.41) is 0. The number of rotatable bonds is 10. The lowest BCUT2D eigenvalue weighted by Gasteiger charge is -2.46. The molecule has 0 aromatic rings. The van der Waals surface area contributed by atoms with Gasteiger partial charge in [-0.05, 0) is 23.0 Å². The highest BCUT2D eigenvalue weighted by atomic mass is 28.4. The van der Waals surface area contributed by atoms with Crippen LogP contribution in [0.25, 0.3) is 0 Å². The molecule has 0 bridgehead atoms. The second-order valence-electron chi connectivity index (χ2n) is 8.32. The van der Waals surface area contributed by atoms with Gasteiger partial charge in [0.25, 0.3) is 0 Å². The third-order valence-corrected chi connectivity index (χ3v) is 11.1. The van der Waals surface area contributed by atoms with E-state index in [0.29, 0.717) is 29.5 Å². The Morgan fingerprint density at radius 3 is 1.96 bits per heavy atom. The quantitative estimate of drug-likeness (QED) is 0.156. The number of hydrogen-bond acceptors (Lipinski definition) is 2. The Kier molecular flexibility index (Phi) is 9.85. The van der Waals surface area contributed by atoms with Gasteiger partial charge in [-0.3, -0.25) is 0 Å². The molecule has 0 saturated carbocycles. The number of hydrogen-bond donors (Lipinski definition) is 0. The highest BCUT2D eigenvalue weighted by Crippen LogP contribution is 2.45. The molecule has 0 amide bonds. The van der Waals surface area contributed by atoms with Gasteiger partial charge < -0.3 is 9.22 Å². The molecule has 0 aliphatic carbocycles. The summed E-state index contributed by atoms with van der Waals surface area (Å²) >= 11 is 0. The van der Waals surface area contributed by atoms with E-state index in [2.05, 4.69) is 73.8 Å². The van der Waals surface area contributed by atoms with Gasteiger partial charge in [0.2, 0.25) is 8.32 Å². The minimum absolute atomic E-state index is 0.0904. The van der Waals surface area contributed by atoms with Crippen molar-refractivity contribution < 1.29 is 9.22 Å². The van der Waals surface area contributed by atoms with Crippen LogP contribution in [0, 0.1) is 17.3 Å². The number of carbonyl (C=O) groups is 1. The molecule has 0 heterocycles. The van der Waals surface area contributed by atoms with Crippen molar-refractivity contribution in [2.75, 3.05) is 0 Å². The van der Waals surface area contributed by atoms with E-state index in [1.807, 2.05) is 6.08 Å². The van der Waals surface area contributed by atoms with E-state index < -0.39 is 8.32 Å². The molecule has 0 aromatic heterocycles. The van der Waals surface area contributed by atoms with Gasteiger partial charge in [-0.25, -0.2) is 0 Å². The second kappa shape index (κ2) is 10.2. The van der Waals surface area contributed by atoms with Crippen molar-refractivity contribution in [3.8, 4) is 11.8 Å². The first-order valence-corrected chi connectivity index (χ1v) is 11.4. The van der Waals surface area contributed by atoms with Crippen molar-refractivity contribution in [2.24, 2.45) is 5.41 Å². The van der Waals surface area contributed by atoms with Crippen LogP contribution in [-0.4, -0.2) is 20.7 Å². The normalized spacial score (nSPS) is 13.8. The van der Waals surface area contributed by atoms with Crippen molar-refractivity contribution in [1.82, 2.24) is 0 Å². The van der Waals surface area contributed by atoms with Crippen molar-refractivity contribution in [3.05, 3.63) is 12.7 Å². The van der Waals surface area contributed by atoms with Crippen LogP contribution >= 0.6 is 0 Å². The summed E-state index contributed by atoms with van der Waals surface area (Å²) in [6, 6.07) is 0. The molecule has 0 rings (SSSR count). The Bertz CT molecular complexity index is 430. The van der Waals surface area contributed by atoms with Gasteiger partial charge in [-0.2, -0.15) is 0 Å². The van der Waals surface area contributed by atoms with Crippen LogP contribution < -0.4 is 0 Å². The first kappa shape index (κ1) is 23.1. The zero-order chi connectivity index (χ0) is 19.0. The maximum atomic E-state index is 10.5. The fraction of sp³-hybridized carbons (Fsp3) is 0.762. The Morgan fingerprint density at radius 1 is 1.08 bits per heavy atom. The van der Waals surface area contributed by atoms with Gasteiger partial charge in [-0.1, -0.05) is 67.4 Å². The highest BCUT2D eigenvalue weighted by molar-refractivity contribution is 6.77. The zero-order valence-corrected chi connectivity index (χ0v) is 18.1. The Hall–Kier alpha value is -0.853. The monoisotopic (exact) mass is 350 g/mol. The molecule has 24 heavy (non-hydrogen) atoms. The Morgan fingerprint density at radius 2 is 1.58 bits per heavy atom. The summed E-state index contributed by atoms with van der Waals surface area (Å²) in [5.74, 6) is 6.53. The van der Waals surface area contributed by atoms with E-state index in [1.54, 1.807) is 0 Å². The fourth-order valence-electron chi connectivity index (χ4n) is 3.77. The van der Waals surface area contributed by atoms with E-state index in [0.717, 1.165) is 12.7 Å². The van der Waals surface area contributed by atoms with Crippen molar-refractivity contribution in [3.63, 3.8) is 0 Å². The molecule has 3 heteroatoms. The van der Waals surface area contributed by atoms with Crippen LogP contribution in [0.15, 0.2) is 12.7 Å². The fourth-order valence-corrected chi connectivity index (χ4v) is 9.37. The van der Waals surface area contributed by atoms with Crippen molar-refractivity contribution >= 4 is 14.6 Å². The van der Waals surface area contributed by atoms with Crippen molar-refractivity contribution in [2.45, 2.75) is 97.4 Å². The van der Waals surface area contributed by atoms with Gasteiger partial charge >= 0.3 is 0 Å². The molecular weight excluding hydrogens is 312 g/mol. The number of unbranched alkanes of at least 4 members (excludes halogenated alkanes) is 1. The lowest BCUT2D eigenvalue weighted by Crippen LogP contribution is -2.52. The Labute approximate surface area is 151 Å². The lowest BCUT2D eigenvalue weighted by molar-refractivity contribution is -0.107. The van der Waals surface area contributed by atoms with Crippen molar-refractivity contribution in [1.29, 1.82) is 0 Å². The summed E-state index contributed by atoms with van der Waals surface area (Å²) in [5.41, 5.74) is 1.48. The summed E-state index contributed by atoms with van der Waals surface area (Å²) in [7, 11) is -2.00. The summed E-state index contributed by atoms with van der Waals surface area (Å²) in [6.45, 7) is 22.1. The average molecular weight is 351 g/mol. The first-order chi connectivity index (χ1) is 11.1. The van der Waals surface area contributed by atoms with Gasteiger partial charge in [-0.15, -0.1) is 12.5 Å². The predicted molar refractivity (Wildman–Crippen MR) is 108 cm³/mol. The molecule has 0 N–H and O–H groups in total. The van der Waals surface area contributed by atoms with E-state index in [9.17, 15) is 4.79 Å². The summed E-state index contributed by atoms with van der Waals surface area (Å²) in [4.78, 5) is 10.5. The average Bonchev–Trinajstić information content (AvgIpc) is 2.45. The summed E-state index contributed by atoms with van der Waals surface area (Å²) in [6.07, 6.45) is 4.71. The van der Waals surface area contributed by atoms with Crippen LogP contribution in [-0.2, 0) is 9.22 Å². The topological polar surface area (TPSA) is 26.3 Å². The largest absolute Gasteiger partial charge is 0.402 e. The third-order valence-electron chi connectivity index (χ3n) is 5.03. The molecule has 2 nitrogen and oxygen atoms in total. The molecule has 1 unspecified atom stereocenters. The van der Waals surface area contributed by atoms with Crippen LogP contribution in [0.1, 0.15) is 74.7 Å². The molecule has 1 atom stereocenters. The van der Waals surface area contributed by atoms with E-state index >= 15 is 0 Å². The second-order valence-corrected chi connectivity index (χ2v) is 13.7. The predicted octanol–water partition coefficient (Wildman–Crippen LogP) is 6.13. The van der Waals surface area contributed by atoms with Gasteiger partial charge in [0.05, 0.1) is 0 Å². The maximum absolute atomic E-state index is 10.5. The maximum Gasteiger partial charge on any atom is 0.202 e. The smallest absolute Gasteiger partial charge is 0.202 e. The summed E-state index contributed by atoms with van der Waals surface area (Å²) < 4.78 is 6.95. The Balaban J connectivity index is 5.79. The molecule has 0 spiro atoms. The van der Waals surface area contributed by atoms with Gasteiger partial charge in [0.15, 0.2) is 0 Å². The molecule has 0 aromatic carbocycles. The minimum Gasteiger partial charge on any atom is -0.402 e. The van der Waals surface area contributed by atoms with E-state index in [-0.39, 0.29) is 11.5 Å². The number of aldehydes is 1. The highest BCUT2D eigenvalue weighted by Gasteiger charge is 2.48. The van der Waals surface area contributed by atoms with Crippen LogP contribution in [0.4, 0.5) is 0 Å². The van der Waals surface area contributed by atoms with Crippen LogP contribution in [0.5, 0.6) is 0 Å².